The normalized spacial score (nSPS) is 19.2. The molecule has 1 aromatic carbocycles. The van der Waals surface area contributed by atoms with E-state index in [-0.39, 0.29) is 11.9 Å². The lowest BCUT2D eigenvalue weighted by atomic mass is 10.1. The third-order valence-corrected chi connectivity index (χ3v) is 3.15. The van der Waals surface area contributed by atoms with Crippen LogP contribution in [0.15, 0.2) is 48.7 Å². The van der Waals surface area contributed by atoms with E-state index in [4.69, 9.17) is 0 Å². The number of nitrogens with zero attached hydrogens (tertiary/aromatic N) is 2. The summed E-state index contributed by atoms with van der Waals surface area (Å²) >= 11 is 0. The van der Waals surface area contributed by atoms with Crippen LogP contribution < -0.4 is 10.4 Å². The van der Waals surface area contributed by atoms with Gasteiger partial charge in [0.15, 0.2) is 0 Å². The fraction of sp³-hybridized carbons (Fsp3) is 0.214. The molecule has 1 aliphatic heterocycles. The molecule has 92 valence electrons. The molecule has 0 spiro atoms. The van der Waals surface area contributed by atoms with Crippen molar-refractivity contribution < 1.29 is 4.39 Å². The van der Waals surface area contributed by atoms with Crippen molar-refractivity contribution in [2.45, 2.75) is 12.5 Å². The molecular formula is C14H14FN3. The summed E-state index contributed by atoms with van der Waals surface area (Å²) in [6.07, 6.45) is 2.69. The summed E-state index contributed by atoms with van der Waals surface area (Å²) in [7, 11) is 0. The van der Waals surface area contributed by atoms with Gasteiger partial charge in [0.1, 0.15) is 5.82 Å². The quantitative estimate of drug-likeness (QED) is 0.879. The van der Waals surface area contributed by atoms with Crippen LogP contribution in [0.2, 0.25) is 0 Å². The van der Waals surface area contributed by atoms with Crippen LogP contribution in [0.25, 0.3) is 0 Å². The Labute approximate surface area is 105 Å². The van der Waals surface area contributed by atoms with Crippen molar-refractivity contribution in [1.82, 2.24) is 10.4 Å². The molecule has 0 amide bonds. The van der Waals surface area contributed by atoms with Crippen molar-refractivity contribution in [2.24, 2.45) is 0 Å². The Kier molecular flexibility index (Phi) is 2.94. The highest BCUT2D eigenvalue weighted by atomic mass is 19.1. The number of para-hydroxylation sites is 1. The van der Waals surface area contributed by atoms with Crippen LogP contribution in [0.5, 0.6) is 0 Å². The van der Waals surface area contributed by atoms with Crippen LogP contribution in [0.4, 0.5) is 10.1 Å². The van der Waals surface area contributed by atoms with Gasteiger partial charge in [0, 0.05) is 12.7 Å². The lowest BCUT2D eigenvalue weighted by molar-refractivity contribution is 0.593. The van der Waals surface area contributed by atoms with Gasteiger partial charge < -0.3 is 0 Å². The summed E-state index contributed by atoms with van der Waals surface area (Å²) < 4.78 is 13.8. The van der Waals surface area contributed by atoms with Gasteiger partial charge in [-0.3, -0.25) is 9.99 Å². The zero-order valence-corrected chi connectivity index (χ0v) is 9.88. The molecule has 18 heavy (non-hydrogen) atoms. The third kappa shape index (κ3) is 1.95. The number of anilines is 1. The molecule has 4 heteroatoms. The number of hydrogen-bond donors (Lipinski definition) is 1. The van der Waals surface area contributed by atoms with Crippen LogP contribution in [-0.2, 0) is 0 Å². The maximum absolute atomic E-state index is 13.8. The predicted octanol–water partition coefficient (Wildman–Crippen LogP) is 2.68. The first kappa shape index (κ1) is 11.2. The molecule has 0 bridgehead atoms. The van der Waals surface area contributed by atoms with E-state index in [2.05, 4.69) is 10.4 Å². The molecule has 1 saturated heterocycles. The molecule has 1 fully saturated rings. The molecule has 2 heterocycles. The lowest BCUT2D eigenvalue weighted by Gasteiger charge is -2.26. The van der Waals surface area contributed by atoms with Crippen LogP contribution in [0.3, 0.4) is 0 Å². The molecule has 0 radical (unpaired) electrons. The minimum Gasteiger partial charge on any atom is -0.296 e. The van der Waals surface area contributed by atoms with Gasteiger partial charge in [-0.1, -0.05) is 18.2 Å². The number of aromatic nitrogens is 1. The fourth-order valence-electron chi connectivity index (χ4n) is 2.31. The summed E-state index contributed by atoms with van der Waals surface area (Å²) in [5.74, 6) is -0.215. The largest absolute Gasteiger partial charge is 0.296 e. The SMILES string of the molecule is Fc1ccccc1N1NCCC1c1ccccn1. The van der Waals surface area contributed by atoms with Gasteiger partial charge in [-0.15, -0.1) is 0 Å². The minimum atomic E-state index is -0.215. The van der Waals surface area contributed by atoms with Crippen LogP contribution in [-0.4, -0.2) is 11.5 Å². The van der Waals surface area contributed by atoms with Crippen LogP contribution in [0.1, 0.15) is 18.2 Å². The van der Waals surface area contributed by atoms with Gasteiger partial charge in [-0.2, -0.15) is 0 Å². The van der Waals surface area contributed by atoms with Crippen LogP contribution in [0, 0.1) is 5.82 Å². The molecule has 0 aliphatic carbocycles. The van der Waals surface area contributed by atoms with Crippen LogP contribution >= 0.6 is 0 Å². The maximum atomic E-state index is 13.8. The highest BCUT2D eigenvalue weighted by molar-refractivity contribution is 5.49. The first-order valence-corrected chi connectivity index (χ1v) is 6.04. The Morgan fingerprint density at radius 1 is 1.17 bits per heavy atom. The molecule has 1 N–H and O–H groups in total. The lowest BCUT2D eigenvalue weighted by Crippen LogP contribution is -2.33. The van der Waals surface area contributed by atoms with E-state index in [0.717, 1.165) is 18.7 Å². The molecule has 1 aliphatic rings. The molecular weight excluding hydrogens is 229 g/mol. The monoisotopic (exact) mass is 243 g/mol. The zero-order valence-electron chi connectivity index (χ0n) is 9.88. The number of benzene rings is 1. The first-order chi connectivity index (χ1) is 8.86. The van der Waals surface area contributed by atoms with E-state index in [1.54, 1.807) is 18.3 Å². The van der Waals surface area contributed by atoms with E-state index < -0.39 is 0 Å². The first-order valence-electron chi connectivity index (χ1n) is 6.04. The molecule has 1 atom stereocenters. The second-order valence-electron chi connectivity index (χ2n) is 4.29. The van der Waals surface area contributed by atoms with Crippen molar-refractivity contribution >= 4 is 5.69 Å². The Morgan fingerprint density at radius 2 is 2.00 bits per heavy atom. The molecule has 3 nitrogen and oxygen atoms in total. The standard InChI is InChI=1S/C14H14FN3/c15-11-5-1-2-7-13(11)18-14(8-10-17-18)12-6-3-4-9-16-12/h1-7,9,14,17H,8,10H2. The number of nitrogens with one attached hydrogen (secondary N) is 1. The average molecular weight is 243 g/mol. The van der Waals surface area contributed by atoms with E-state index in [1.807, 2.05) is 29.3 Å². The van der Waals surface area contributed by atoms with Gasteiger partial charge >= 0.3 is 0 Å². The van der Waals surface area contributed by atoms with Gasteiger partial charge in [0.05, 0.1) is 17.4 Å². The number of hydrogen-bond acceptors (Lipinski definition) is 3. The summed E-state index contributed by atoms with van der Waals surface area (Å²) in [5.41, 5.74) is 4.75. The zero-order chi connectivity index (χ0) is 12.4. The number of hydrazine groups is 1. The Balaban J connectivity index is 1.95. The van der Waals surface area contributed by atoms with Gasteiger partial charge in [-0.25, -0.2) is 9.82 Å². The Hall–Kier alpha value is -1.94. The summed E-state index contributed by atoms with van der Waals surface area (Å²) in [4.78, 5) is 4.36. The fourth-order valence-corrected chi connectivity index (χ4v) is 2.31. The Bertz CT molecular complexity index is 530. The van der Waals surface area contributed by atoms with E-state index in [9.17, 15) is 4.39 Å². The molecule has 3 rings (SSSR count). The maximum Gasteiger partial charge on any atom is 0.147 e. The van der Waals surface area contributed by atoms with Crippen molar-refractivity contribution in [3.8, 4) is 0 Å². The second-order valence-corrected chi connectivity index (χ2v) is 4.29. The third-order valence-electron chi connectivity index (χ3n) is 3.15. The second kappa shape index (κ2) is 4.74. The smallest absolute Gasteiger partial charge is 0.147 e. The Morgan fingerprint density at radius 3 is 2.78 bits per heavy atom. The average Bonchev–Trinajstić information content (AvgIpc) is 2.89. The van der Waals surface area contributed by atoms with Crippen molar-refractivity contribution in [1.29, 1.82) is 0 Å². The minimum absolute atomic E-state index is 0.0862. The van der Waals surface area contributed by atoms with Gasteiger partial charge in [0.2, 0.25) is 0 Å². The van der Waals surface area contributed by atoms with E-state index in [0.29, 0.717) is 5.69 Å². The highest BCUT2D eigenvalue weighted by Crippen LogP contribution is 2.31. The van der Waals surface area contributed by atoms with Crippen molar-refractivity contribution in [2.75, 3.05) is 11.6 Å². The number of halogens is 1. The molecule has 1 aromatic heterocycles. The predicted molar refractivity (Wildman–Crippen MR) is 68.5 cm³/mol. The van der Waals surface area contributed by atoms with E-state index >= 15 is 0 Å². The topological polar surface area (TPSA) is 28.2 Å². The molecule has 1 unspecified atom stereocenters. The van der Waals surface area contributed by atoms with Crippen molar-refractivity contribution in [3.63, 3.8) is 0 Å². The molecule has 2 aromatic rings. The van der Waals surface area contributed by atoms with E-state index in [1.165, 1.54) is 6.07 Å². The summed E-state index contributed by atoms with van der Waals surface area (Å²) in [5, 5.41) is 1.87. The number of pyridine rings is 1. The summed E-state index contributed by atoms with van der Waals surface area (Å²) in [6.45, 7) is 0.829. The molecule has 0 saturated carbocycles. The highest BCUT2D eigenvalue weighted by Gasteiger charge is 2.28. The summed E-state index contributed by atoms with van der Waals surface area (Å²) in [6, 6.07) is 12.7. The number of rotatable bonds is 2. The van der Waals surface area contributed by atoms with Crippen molar-refractivity contribution in [3.05, 3.63) is 60.2 Å². The van der Waals surface area contributed by atoms with Gasteiger partial charge in [0.25, 0.3) is 0 Å². The van der Waals surface area contributed by atoms with Gasteiger partial charge in [-0.05, 0) is 30.7 Å².